The van der Waals surface area contributed by atoms with Crippen LogP contribution in [-0.4, -0.2) is 45.2 Å². The van der Waals surface area contributed by atoms with Gasteiger partial charge in [0.2, 0.25) is 6.04 Å². The first-order valence-electron chi connectivity index (χ1n) is 9.89. The lowest BCUT2D eigenvalue weighted by Gasteiger charge is -2.17. The van der Waals surface area contributed by atoms with Crippen molar-refractivity contribution in [1.29, 1.82) is 0 Å². The SMILES string of the molecule is CCOc1ccc(NC(=O)C(N=Nc2c(OC)cccc2OC)C(C)=O)c(OCC)c1Cl. The van der Waals surface area contributed by atoms with Crippen molar-refractivity contribution in [3.63, 3.8) is 0 Å². The third-order valence-corrected chi connectivity index (χ3v) is 4.57. The number of methoxy groups -OCH3 is 2. The fraction of sp³-hybridized carbons (Fsp3) is 0.364. The summed E-state index contributed by atoms with van der Waals surface area (Å²) in [5.74, 6) is 0.215. The van der Waals surface area contributed by atoms with E-state index in [1.54, 1.807) is 37.3 Å². The summed E-state index contributed by atoms with van der Waals surface area (Å²) in [5, 5.41) is 10.9. The van der Waals surface area contributed by atoms with E-state index in [1.165, 1.54) is 21.1 Å². The Hall–Kier alpha value is -3.33. The van der Waals surface area contributed by atoms with E-state index in [9.17, 15) is 9.59 Å². The Balaban J connectivity index is 2.36. The summed E-state index contributed by atoms with van der Waals surface area (Å²) in [5.41, 5.74) is 0.539. The molecule has 0 bridgehead atoms. The van der Waals surface area contributed by atoms with Crippen LogP contribution in [0.3, 0.4) is 0 Å². The average molecular weight is 464 g/mol. The number of benzene rings is 2. The highest BCUT2D eigenvalue weighted by molar-refractivity contribution is 6.34. The maximum absolute atomic E-state index is 12.9. The Labute approximate surface area is 191 Å². The Morgan fingerprint density at radius 2 is 1.62 bits per heavy atom. The summed E-state index contributed by atoms with van der Waals surface area (Å²) in [6.45, 7) is 5.57. The molecule has 0 aliphatic rings. The zero-order valence-electron chi connectivity index (χ0n) is 18.6. The molecule has 0 spiro atoms. The number of rotatable bonds is 11. The van der Waals surface area contributed by atoms with Crippen LogP contribution in [0, 0.1) is 0 Å². The van der Waals surface area contributed by atoms with Crippen LogP contribution in [0.2, 0.25) is 5.02 Å². The third kappa shape index (κ3) is 5.88. The molecule has 1 N–H and O–H groups in total. The fourth-order valence-electron chi connectivity index (χ4n) is 2.75. The van der Waals surface area contributed by atoms with Gasteiger partial charge in [0, 0.05) is 0 Å². The fourth-order valence-corrected chi connectivity index (χ4v) is 3.03. The van der Waals surface area contributed by atoms with E-state index in [2.05, 4.69) is 15.5 Å². The van der Waals surface area contributed by atoms with Gasteiger partial charge >= 0.3 is 0 Å². The molecular weight excluding hydrogens is 438 g/mol. The number of carbonyl (C=O) groups is 2. The minimum atomic E-state index is -1.41. The van der Waals surface area contributed by atoms with Crippen LogP contribution in [0.5, 0.6) is 23.0 Å². The van der Waals surface area contributed by atoms with Crippen LogP contribution in [0.1, 0.15) is 20.8 Å². The van der Waals surface area contributed by atoms with Crippen molar-refractivity contribution in [3.8, 4) is 23.0 Å². The molecule has 9 nitrogen and oxygen atoms in total. The van der Waals surface area contributed by atoms with Gasteiger partial charge in [-0.1, -0.05) is 17.7 Å². The standard InChI is InChI=1S/C22H26ClN3O6/c1-6-31-15-12-11-14(21(18(15)23)32-7-2)24-22(28)19(13(3)27)25-26-20-16(29-4)9-8-10-17(20)30-5/h8-12,19H,6-7H2,1-5H3,(H,24,28). The van der Waals surface area contributed by atoms with Crippen molar-refractivity contribution in [2.24, 2.45) is 10.2 Å². The van der Waals surface area contributed by atoms with Crippen molar-refractivity contribution in [2.75, 3.05) is 32.8 Å². The third-order valence-electron chi connectivity index (χ3n) is 4.22. The van der Waals surface area contributed by atoms with Crippen LogP contribution in [0.15, 0.2) is 40.6 Å². The van der Waals surface area contributed by atoms with E-state index < -0.39 is 17.7 Å². The minimum Gasteiger partial charge on any atom is -0.494 e. The van der Waals surface area contributed by atoms with Crippen molar-refractivity contribution in [1.82, 2.24) is 0 Å². The number of amides is 1. The van der Waals surface area contributed by atoms with Gasteiger partial charge in [0.1, 0.15) is 22.3 Å². The van der Waals surface area contributed by atoms with E-state index in [0.29, 0.717) is 30.5 Å². The molecule has 0 heterocycles. The number of ether oxygens (including phenoxy) is 4. The first-order valence-corrected chi connectivity index (χ1v) is 10.3. The summed E-state index contributed by atoms with van der Waals surface area (Å²) in [4.78, 5) is 25.1. The number of nitrogens with one attached hydrogen (secondary N) is 1. The zero-order chi connectivity index (χ0) is 23.7. The van der Waals surface area contributed by atoms with Gasteiger partial charge in [-0.05, 0) is 45.0 Å². The first kappa shape index (κ1) is 24.9. The molecule has 1 unspecified atom stereocenters. The number of nitrogens with zero attached hydrogens (tertiary/aromatic N) is 2. The predicted molar refractivity (Wildman–Crippen MR) is 121 cm³/mol. The van der Waals surface area contributed by atoms with Gasteiger partial charge in [0.25, 0.3) is 5.91 Å². The Kier molecular flexibility index (Phi) is 9.27. The van der Waals surface area contributed by atoms with Gasteiger partial charge in [-0.3, -0.25) is 9.59 Å². The van der Waals surface area contributed by atoms with Crippen molar-refractivity contribution in [2.45, 2.75) is 26.8 Å². The highest BCUT2D eigenvalue weighted by Gasteiger charge is 2.26. The van der Waals surface area contributed by atoms with Gasteiger partial charge in [-0.25, -0.2) is 0 Å². The second-order valence-corrected chi connectivity index (χ2v) is 6.73. The molecule has 2 rings (SSSR count). The van der Waals surface area contributed by atoms with Crippen LogP contribution in [0.25, 0.3) is 0 Å². The maximum Gasteiger partial charge on any atom is 0.258 e. The number of hydrogen-bond donors (Lipinski definition) is 1. The summed E-state index contributed by atoms with van der Waals surface area (Å²) in [6, 6.07) is 6.82. The van der Waals surface area contributed by atoms with Gasteiger partial charge in [-0.15, -0.1) is 5.11 Å². The maximum atomic E-state index is 12.9. The van der Waals surface area contributed by atoms with Crippen molar-refractivity contribution >= 4 is 34.7 Å². The summed E-state index contributed by atoms with van der Waals surface area (Å²) >= 11 is 6.37. The molecule has 0 aliphatic carbocycles. The zero-order valence-corrected chi connectivity index (χ0v) is 19.4. The molecule has 0 radical (unpaired) electrons. The normalized spacial score (nSPS) is 11.7. The molecular formula is C22H26ClN3O6. The number of azo groups is 1. The van der Waals surface area contributed by atoms with E-state index in [0.717, 1.165) is 0 Å². The molecule has 0 fully saturated rings. The average Bonchev–Trinajstić information content (AvgIpc) is 2.78. The number of Topliss-reactive ketones (excluding diaryl/α,β-unsaturated/α-hetero) is 1. The lowest BCUT2D eigenvalue weighted by Crippen LogP contribution is -2.32. The first-order chi connectivity index (χ1) is 15.4. The van der Waals surface area contributed by atoms with Crippen LogP contribution >= 0.6 is 11.6 Å². The van der Waals surface area contributed by atoms with E-state index in [1.807, 2.05) is 6.92 Å². The molecule has 0 aromatic heterocycles. The highest BCUT2D eigenvalue weighted by Crippen LogP contribution is 2.41. The second kappa shape index (κ2) is 11.9. The molecule has 2 aromatic rings. The number of hydrogen-bond acceptors (Lipinski definition) is 8. The molecule has 2 aromatic carbocycles. The lowest BCUT2D eigenvalue weighted by molar-refractivity contribution is -0.126. The second-order valence-electron chi connectivity index (χ2n) is 6.35. The molecule has 32 heavy (non-hydrogen) atoms. The molecule has 0 saturated carbocycles. The van der Waals surface area contributed by atoms with Gasteiger partial charge in [-0.2, -0.15) is 5.11 Å². The number of carbonyl (C=O) groups excluding carboxylic acids is 2. The van der Waals surface area contributed by atoms with Crippen LogP contribution in [0.4, 0.5) is 11.4 Å². The minimum absolute atomic E-state index is 0.214. The number of halogens is 1. The summed E-state index contributed by atoms with van der Waals surface area (Å²) < 4.78 is 21.6. The Bertz CT molecular complexity index is 974. The number of anilines is 1. The topological polar surface area (TPSA) is 108 Å². The Morgan fingerprint density at radius 1 is 1.00 bits per heavy atom. The van der Waals surface area contributed by atoms with E-state index in [-0.39, 0.29) is 22.1 Å². The molecule has 0 aliphatic heterocycles. The van der Waals surface area contributed by atoms with E-state index in [4.69, 9.17) is 30.5 Å². The monoisotopic (exact) mass is 463 g/mol. The largest absolute Gasteiger partial charge is 0.494 e. The van der Waals surface area contributed by atoms with Crippen molar-refractivity contribution < 1.29 is 28.5 Å². The van der Waals surface area contributed by atoms with Crippen LogP contribution in [-0.2, 0) is 9.59 Å². The molecule has 172 valence electrons. The molecule has 0 saturated heterocycles. The predicted octanol–water partition coefficient (Wildman–Crippen LogP) is 4.83. The van der Waals surface area contributed by atoms with Crippen LogP contribution < -0.4 is 24.3 Å². The number of ketones is 1. The molecule has 1 amide bonds. The van der Waals surface area contributed by atoms with Crippen molar-refractivity contribution in [3.05, 3.63) is 35.4 Å². The van der Waals surface area contributed by atoms with Gasteiger partial charge < -0.3 is 24.3 Å². The summed E-state index contributed by atoms with van der Waals surface area (Å²) in [7, 11) is 2.93. The molecule has 1 atom stereocenters. The van der Waals surface area contributed by atoms with Gasteiger partial charge in [0.05, 0.1) is 33.1 Å². The smallest absolute Gasteiger partial charge is 0.258 e. The lowest BCUT2D eigenvalue weighted by atomic mass is 10.2. The van der Waals surface area contributed by atoms with Gasteiger partial charge in [0.15, 0.2) is 17.2 Å². The Morgan fingerprint density at radius 3 is 2.16 bits per heavy atom. The van der Waals surface area contributed by atoms with E-state index >= 15 is 0 Å². The highest BCUT2D eigenvalue weighted by atomic mass is 35.5. The quantitative estimate of drug-likeness (QED) is 0.377. The summed E-state index contributed by atoms with van der Waals surface area (Å²) in [6.07, 6.45) is 0. The molecule has 10 heteroatoms.